The summed E-state index contributed by atoms with van der Waals surface area (Å²) in [4.78, 5) is 11.6. The van der Waals surface area contributed by atoms with Crippen LogP contribution in [0, 0.1) is 0 Å². The molecule has 1 atom stereocenters. The van der Waals surface area contributed by atoms with Gasteiger partial charge in [0.15, 0.2) is 0 Å². The van der Waals surface area contributed by atoms with Crippen LogP contribution < -0.4 is 5.32 Å². The minimum atomic E-state index is -0.994. The normalized spacial score (nSPS) is 11.9. The highest BCUT2D eigenvalue weighted by molar-refractivity contribution is 7.84. The highest BCUT2D eigenvalue weighted by atomic mass is 35.5. The Kier molecular flexibility index (Phi) is 6.16. The van der Waals surface area contributed by atoms with E-state index in [9.17, 15) is 9.00 Å². The fraction of sp³-hybridized carbons (Fsp3) is 0.235. The fourth-order valence-corrected chi connectivity index (χ4v) is 3.50. The van der Waals surface area contributed by atoms with Crippen molar-refractivity contribution >= 4 is 28.3 Å². The third-order valence-corrected chi connectivity index (χ3v) is 4.98. The molecule has 2 rings (SSSR count). The Morgan fingerprint density at radius 3 is 2.68 bits per heavy atom. The standard InChI is InChI=1S/C17H18ClNO2S/c1-19-17(20)15-7-4-5-13(11-15)12-22(21)10-9-14-6-2-3-8-16(14)18/h2-8,11H,9-10,12H2,1H3,(H,19,20)/t22-/m1/s1. The lowest BCUT2D eigenvalue weighted by Crippen LogP contribution is -2.17. The molecule has 1 amide bonds. The van der Waals surface area contributed by atoms with Gasteiger partial charge in [0.2, 0.25) is 0 Å². The number of amides is 1. The summed E-state index contributed by atoms with van der Waals surface area (Å²) in [5.74, 6) is 0.854. The summed E-state index contributed by atoms with van der Waals surface area (Å²) in [6.45, 7) is 0. The van der Waals surface area contributed by atoms with E-state index in [0.29, 0.717) is 28.5 Å². The quantitative estimate of drug-likeness (QED) is 0.881. The summed E-state index contributed by atoms with van der Waals surface area (Å²) >= 11 is 6.10. The van der Waals surface area contributed by atoms with Crippen LogP contribution in [0.1, 0.15) is 21.5 Å². The van der Waals surface area contributed by atoms with E-state index in [0.717, 1.165) is 11.1 Å². The van der Waals surface area contributed by atoms with Gasteiger partial charge in [-0.05, 0) is 35.7 Å². The minimum Gasteiger partial charge on any atom is -0.355 e. The predicted molar refractivity (Wildman–Crippen MR) is 91.7 cm³/mol. The highest BCUT2D eigenvalue weighted by Crippen LogP contribution is 2.16. The maximum atomic E-state index is 12.2. The second-order valence-electron chi connectivity index (χ2n) is 4.91. The Morgan fingerprint density at radius 2 is 1.95 bits per heavy atom. The van der Waals surface area contributed by atoms with Crippen LogP contribution in [-0.2, 0) is 23.0 Å². The van der Waals surface area contributed by atoms with Gasteiger partial charge >= 0.3 is 0 Å². The van der Waals surface area contributed by atoms with Crippen molar-refractivity contribution in [1.82, 2.24) is 5.32 Å². The van der Waals surface area contributed by atoms with E-state index in [4.69, 9.17) is 11.6 Å². The van der Waals surface area contributed by atoms with E-state index >= 15 is 0 Å². The number of carbonyl (C=O) groups is 1. The lowest BCUT2D eigenvalue weighted by molar-refractivity contribution is 0.0963. The Morgan fingerprint density at radius 1 is 1.18 bits per heavy atom. The zero-order chi connectivity index (χ0) is 15.9. The summed E-state index contributed by atoms with van der Waals surface area (Å²) in [7, 11) is 0.600. The zero-order valence-electron chi connectivity index (χ0n) is 12.3. The molecule has 0 aromatic heterocycles. The first-order valence-electron chi connectivity index (χ1n) is 6.99. The van der Waals surface area contributed by atoms with E-state index < -0.39 is 10.8 Å². The first-order chi connectivity index (χ1) is 10.6. The average molecular weight is 336 g/mol. The van der Waals surface area contributed by atoms with Crippen LogP contribution in [0.4, 0.5) is 0 Å². The molecule has 0 spiro atoms. The van der Waals surface area contributed by atoms with Gasteiger partial charge in [-0.15, -0.1) is 0 Å². The van der Waals surface area contributed by atoms with Crippen LogP contribution in [-0.4, -0.2) is 22.9 Å². The van der Waals surface area contributed by atoms with Crippen molar-refractivity contribution in [3.8, 4) is 0 Å². The first-order valence-corrected chi connectivity index (χ1v) is 8.86. The predicted octanol–water partition coefficient (Wildman–Crippen LogP) is 3.19. The Balaban J connectivity index is 1.95. The van der Waals surface area contributed by atoms with E-state index in [2.05, 4.69) is 5.32 Å². The van der Waals surface area contributed by atoms with E-state index in [-0.39, 0.29) is 5.91 Å². The molecule has 0 saturated carbocycles. The van der Waals surface area contributed by atoms with Crippen molar-refractivity contribution in [2.45, 2.75) is 12.2 Å². The molecule has 0 aliphatic rings. The topological polar surface area (TPSA) is 46.2 Å². The first kappa shape index (κ1) is 16.7. The second-order valence-corrected chi connectivity index (χ2v) is 6.89. The number of benzene rings is 2. The van der Waals surface area contributed by atoms with Crippen LogP contribution in [0.3, 0.4) is 0 Å². The Bertz CT molecular complexity index is 688. The third kappa shape index (κ3) is 4.68. The van der Waals surface area contributed by atoms with Gasteiger partial charge in [0.1, 0.15) is 0 Å². The molecule has 0 radical (unpaired) electrons. The summed E-state index contributed by atoms with van der Waals surface area (Å²) in [6, 6.07) is 14.8. The van der Waals surface area contributed by atoms with Gasteiger partial charge in [0.05, 0.1) is 0 Å². The lowest BCUT2D eigenvalue weighted by Gasteiger charge is -2.06. The molecular weight excluding hydrogens is 318 g/mol. The van der Waals surface area contributed by atoms with Gasteiger partial charge in [-0.25, -0.2) is 0 Å². The Hall–Kier alpha value is -1.65. The fourth-order valence-electron chi connectivity index (χ4n) is 2.13. The van der Waals surface area contributed by atoms with Crippen molar-refractivity contribution < 1.29 is 9.00 Å². The van der Waals surface area contributed by atoms with E-state index in [1.54, 1.807) is 19.2 Å². The van der Waals surface area contributed by atoms with Gasteiger partial charge < -0.3 is 5.32 Å². The number of carbonyl (C=O) groups excluding carboxylic acids is 1. The molecule has 22 heavy (non-hydrogen) atoms. The molecule has 0 unspecified atom stereocenters. The van der Waals surface area contributed by atoms with Crippen LogP contribution in [0.5, 0.6) is 0 Å². The molecule has 116 valence electrons. The monoisotopic (exact) mass is 335 g/mol. The van der Waals surface area contributed by atoms with Crippen LogP contribution >= 0.6 is 11.6 Å². The third-order valence-electron chi connectivity index (χ3n) is 3.30. The number of hydrogen-bond acceptors (Lipinski definition) is 2. The molecule has 0 fully saturated rings. The van der Waals surface area contributed by atoms with Crippen molar-refractivity contribution in [3.63, 3.8) is 0 Å². The van der Waals surface area contributed by atoms with Crippen molar-refractivity contribution in [1.29, 1.82) is 0 Å². The zero-order valence-corrected chi connectivity index (χ0v) is 13.9. The van der Waals surface area contributed by atoms with Gasteiger partial charge in [-0.3, -0.25) is 9.00 Å². The molecule has 3 nitrogen and oxygen atoms in total. The van der Waals surface area contributed by atoms with Gasteiger partial charge in [-0.1, -0.05) is 41.9 Å². The number of aryl methyl sites for hydroxylation is 1. The molecule has 5 heteroatoms. The summed E-state index contributed by atoms with van der Waals surface area (Å²) in [5, 5.41) is 3.29. The van der Waals surface area contributed by atoms with Gasteiger partial charge in [-0.2, -0.15) is 0 Å². The van der Waals surface area contributed by atoms with E-state index in [1.807, 2.05) is 36.4 Å². The van der Waals surface area contributed by atoms with Crippen LogP contribution in [0.15, 0.2) is 48.5 Å². The van der Waals surface area contributed by atoms with Crippen LogP contribution in [0.2, 0.25) is 5.02 Å². The molecule has 0 aliphatic heterocycles. The maximum absolute atomic E-state index is 12.2. The number of hydrogen-bond donors (Lipinski definition) is 1. The number of halogens is 1. The van der Waals surface area contributed by atoms with Crippen molar-refractivity contribution in [2.75, 3.05) is 12.8 Å². The molecule has 0 heterocycles. The minimum absolute atomic E-state index is 0.135. The molecule has 0 bridgehead atoms. The second kappa shape index (κ2) is 8.11. The summed E-state index contributed by atoms with van der Waals surface area (Å²) in [5.41, 5.74) is 2.50. The Labute approximate surface area is 138 Å². The number of nitrogens with one attached hydrogen (secondary N) is 1. The average Bonchev–Trinajstić information content (AvgIpc) is 2.53. The van der Waals surface area contributed by atoms with Crippen molar-refractivity contribution in [2.24, 2.45) is 0 Å². The molecule has 2 aromatic rings. The summed E-state index contributed by atoms with van der Waals surface area (Å²) in [6.07, 6.45) is 0.682. The lowest BCUT2D eigenvalue weighted by atomic mass is 10.1. The molecule has 2 aromatic carbocycles. The SMILES string of the molecule is CNC(=O)c1cccc(C[S@](=O)CCc2ccccc2Cl)c1. The highest BCUT2D eigenvalue weighted by Gasteiger charge is 2.08. The molecular formula is C17H18ClNO2S. The van der Waals surface area contributed by atoms with E-state index in [1.165, 1.54) is 0 Å². The molecule has 0 aliphatic carbocycles. The largest absolute Gasteiger partial charge is 0.355 e. The smallest absolute Gasteiger partial charge is 0.251 e. The van der Waals surface area contributed by atoms with Crippen LogP contribution in [0.25, 0.3) is 0 Å². The van der Waals surface area contributed by atoms with Crippen molar-refractivity contribution in [3.05, 3.63) is 70.2 Å². The van der Waals surface area contributed by atoms with Gasteiger partial charge in [0, 0.05) is 39.9 Å². The maximum Gasteiger partial charge on any atom is 0.251 e. The number of rotatable bonds is 6. The summed E-state index contributed by atoms with van der Waals surface area (Å²) < 4.78 is 12.2. The molecule has 1 N–H and O–H groups in total. The van der Waals surface area contributed by atoms with Gasteiger partial charge in [0.25, 0.3) is 5.91 Å². The molecule has 0 saturated heterocycles.